The number of hydrogen-bond donors (Lipinski definition) is 1. The number of ether oxygens (including phenoxy) is 1. The Labute approximate surface area is 148 Å². The maximum absolute atomic E-state index is 11.3. The zero-order chi connectivity index (χ0) is 18.0. The Hall–Kier alpha value is -2.40. The molecule has 0 unspecified atom stereocenters. The molecule has 0 bridgehead atoms. The number of primary amides is 1. The summed E-state index contributed by atoms with van der Waals surface area (Å²) < 4.78 is 6.41. The lowest BCUT2D eigenvalue weighted by molar-refractivity contribution is -0.0792. The van der Waals surface area contributed by atoms with Crippen LogP contribution in [0.1, 0.15) is 42.8 Å². The highest BCUT2D eigenvalue weighted by atomic mass is 16.5. The Balaban J connectivity index is 1.88. The van der Waals surface area contributed by atoms with Gasteiger partial charge in [-0.2, -0.15) is 0 Å². The lowest BCUT2D eigenvalue weighted by Crippen LogP contribution is -2.49. The Morgan fingerprint density at radius 3 is 2.44 bits per heavy atom. The third kappa shape index (κ3) is 3.99. The van der Waals surface area contributed by atoms with E-state index in [9.17, 15) is 4.79 Å². The molecule has 3 rings (SSSR count). The highest BCUT2D eigenvalue weighted by Gasteiger charge is 2.36. The number of benzene rings is 1. The van der Waals surface area contributed by atoms with Crippen molar-refractivity contribution in [1.82, 2.24) is 4.98 Å². The number of aromatic nitrogens is 1. The van der Waals surface area contributed by atoms with Gasteiger partial charge in [0.25, 0.3) is 0 Å². The molecule has 1 fully saturated rings. The summed E-state index contributed by atoms with van der Waals surface area (Å²) in [5.41, 5.74) is 6.90. The first-order chi connectivity index (χ1) is 11.8. The van der Waals surface area contributed by atoms with Crippen molar-refractivity contribution < 1.29 is 9.53 Å². The Kier molecular flexibility index (Phi) is 4.77. The molecule has 2 N–H and O–H groups in total. The molecule has 5 heteroatoms. The van der Waals surface area contributed by atoms with Crippen LogP contribution in [-0.4, -0.2) is 30.1 Å². The van der Waals surface area contributed by atoms with Crippen LogP contribution in [0.4, 0.5) is 5.82 Å². The first-order valence-electron chi connectivity index (χ1n) is 8.56. The van der Waals surface area contributed by atoms with Crippen molar-refractivity contribution in [3.8, 4) is 0 Å². The monoisotopic (exact) mass is 339 g/mol. The van der Waals surface area contributed by atoms with Gasteiger partial charge in [0.1, 0.15) is 11.9 Å². The highest BCUT2D eigenvalue weighted by Crippen LogP contribution is 2.34. The van der Waals surface area contributed by atoms with Gasteiger partial charge in [-0.3, -0.25) is 4.79 Å². The van der Waals surface area contributed by atoms with Crippen LogP contribution in [0.3, 0.4) is 0 Å². The van der Waals surface area contributed by atoms with Crippen LogP contribution >= 0.6 is 0 Å². The molecule has 1 aliphatic heterocycles. The van der Waals surface area contributed by atoms with Crippen LogP contribution in [0.5, 0.6) is 0 Å². The molecule has 1 aromatic heterocycles. The van der Waals surface area contributed by atoms with Crippen LogP contribution in [-0.2, 0) is 4.74 Å². The van der Waals surface area contributed by atoms with Crippen LogP contribution in [0.2, 0.25) is 0 Å². The number of nitrogens with zero attached hydrogens (tertiary/aromatic N) is 2. The van der Waals surface area contributed by atoms with Gasteiger partial charge in [-0.05, 0) is 23.1 Å². The van der Waals surface area contributed by atoms with Crippen LogP contribution < -0.4 is 10.6 Å². The van der Waals surface area contributed by atoms with Gasteiger partial charge in [0.05, 0.1) is 11.7 Å². The molecular formula is C20H25N3O2. The number of anilines is 1. The predicted molar refractivity (Wildman–Crippen MR) is 98.5 cm³/mol. The molecule has 0 saturated carbocycles. The van der Waals surface area contributed by atoms with E-state index in [4.69, 9.17) is 10.5 Å². The molecule has 1 amide bonds. The second-order valence-corrected chi connectivity index (χ2v) is 7.56. The molecular weight excluding hydrogens is 314 g/mol. The molecule has 5 nitrogen and oxygen atoms in total. The van der Waals surface area contributed by atoms with Crippen molar-refractivity contribution >= 4 is 11.7 Å². The minimum absolute atomic E-state index is 0.0128. The van der Waals surface area contributed by atoms with Crippen LogP contribution in [0.25, 0.3) is 0 Å². The Morgan fingerprint density at radius 1 is 1.16 bits per heavy atom. The van der Waals surface area contributed by atoms with Crippen LogP contribution in [0, 0.1) is 5.41 Å². The van der Waals surface area contributed by atoms with Crippen molar-refractivity contribution in [2.75, 3.05) is 18.0 Å². The molecule has 0 aliphatic carbocycles. The minimum Gasteiger partial charge on any atom is -0.366 e. The average Bonchev–Trinajstić information content (AvgIpc) is 2.61. The van der Waals surface area contributed by atoms with E-state index in [1.807, 2.05) is 24.3 Å². The van der Waals surface area contributed by atoms with E-state index in [0.29, 0.717) is 5.56 Å². The smallest absolute Gasteiger partial charge is 0.250 e. The molecule has 132 valence electrons. The van der Waals surface area contributed by atoms with Gasteiger partial charge in [-0.1, -0.05) is 51.1 Å². The lowest BCUT2D eigenvalue weighted by atomic mass is 9.87. The number of pyridine rings is 1. The highest BCUT2D eigenvalue weighted by molar-refractivity contribution is 5.92. The zero-order valence-electron chi connectivity index (χ0n) is 15.0. The fourth-order valence-electron chi connectivity index (χ4n) is 2.99. The minimum atomic E-state index is -0.462. The molecule has 1 aromatic carbocycles. The van der Waals surface area contributed by atoms with Gasteiger partial charge in [0.15, 0.2) is 0 Å². The maximum atomic E-state index is 11.3. The van der Waals surface area contributed by atoms with Gasteiger partial charge < -0.3 is 15.4 Å². The van der Waals surface area contributed by atoms with Crippen molar-refractivity contribution in [1.29, 1.82) is 0 Å². The molecule has 1 aliphatic rings. The SMILES string of the molecule is CC(C)(C)[C@H]1CN(c2ccc(C(N)=O)cn2)C[C@@H](c2ccccc2)O1. The van der Waals surface area contributed by atoms with E-state index >= 15 is 0 Å². The molecule has 2 aromatic rings. The summed E-state index contributed by atoms with van der Waals surface area (Å²) in [7, 11) is 0. The summed E-state index contributed by atoms with van der Waals surface area (Å²) in [6.07, 6.45) is 1.59. The Bertz CT molecular complexity index is 723. The van der Waals surface area contributed by atoms with Crippen molar-refractivity contribution in [3.05, 3.63) is 59.8 Å². The number of nitrogens with two attached hydrogens (primary N) is 1. The molecule has 2 heterocycles. The Morgan fingerprint density at radius 2 is 1.88 bits per heavy atom. The number of carbonyl (C=O) groups excluding carboxylic acids is 1. The molecule has 1 saturated heterocycles. The summed E-state index contributed by atoms with van der Waals surface area (Å²) in [4.78, 5) is 17.9. The van der Waals surface area contributed by atoms with E-state index in [1.54, 1.807) is 6.07 Å². The van der Waals surface area contributed by atoms with Gasteiger partial charge in [0, 0.05) is 19.3 Å². The average molecular weight is 339 g/mol. The zero-order valence-corrected chi connectivity index (χ0v) is 15.0. The number of amides is 1. The third-order valence-corrected chi connectivity index (χ3v) is 4.59. The van der Waals surface area contributed by atoms with Gasteiger partial charge >= 0.3 is 0 Å². The largest absolute Gasteiger partial charge is 0.366 e. The number of morpholine rings is 1. The van der Waals surface area contributed by atoms with E-state index in [-0.39, 0.29) is 17.6 Å². The lowest BCUT2D eigenvalue weighted by Gasteiger charge is -2.44. The van der Waals surface area contributed by atoms with E-state index in [2.05, 4.69) is 42.8 Å². The first kappa shape index (κ1) is 17.4. The second-order valence-electron chi connectivity index (χ2n) is 7.56. The summed E-state index contributed by atoms with van der Waals surface area (Å²) in [6.45, 7) is 8.04. The van der Waals surface area contributed by atoms with Crippen molar-refractivity contribution in [3.63, 3.8) is 0 Å². The van der Waals surface area contributed by atoms with Gasteiger partial charge in [0.2, 0.25) is 5.91 Å². The first-order valence-corrected chi connectivity index (χ1v) is 8.56. The number of rotatable bonds is 3. The normalized spacial score (nSPS) is 21.2. The molecule has 0 spiro atoms. The van der Waals surface area contributed by atoms with Crippen molar-refractivity contribution in [2.45, 2.75) is 33.0 Å². The topological polar surface area (TPSA) is 68.5 Å². The fourth-order valence-corrected chi connectivity index (χ4v) is 2.99. The van der Waals surface area contributed by atoms with E-state index < -0.39 is 5.91 Å². The van der Waals surface area contributed by atoms with E-state index in [1.165, 1.54) is 6.20 Å². The summed E-state index contributed by atoms with van der Waals surface area (Å²) in [5.74, 6) is 0.374. The number of carbonyl (C=O) groups is 1. The van der Waals surface area contributed by atoms with Gasteiger partial charge in [-0.25, -0.2) is 4.98 Å². The summed E-state index contributed by atoms with van der Waals surface area (Å²) in [5, 5.41) is 0. The predicted octanol–water partition coefficient (Wildman–Crippen LogP) is 3.17. The second kappa shape index (κ2) is 6.84. The summed E-state index contributed by atoms with van der Waals surface area (Å²) >= 11 is 0. The maximum Gasteiger partial charge on any atom is 0.250 e. The standard InChI is InChI=1S/C20H25N3O2/c1-20(2,3)17-13-23(18-10-9-15(11-22-18)19(21)24)12-16(25-17)14-7-5-4-6-8-14/h4-11,16-17H,12-13H2,1-3H3,(H2,21,24)/t16-,17+/m0/s1. The van der Waals surface area contributed by atoms with E-state index in [0.717, 1.165) is 24.5 Å². The van der Waals surface area contributed by atoms with Crippen LogP contribution in [0.15, 0.2) is 48.7 Å². The van der Waals surface area contributed by atoms with Gasteiger partial charge in [-0.15, -0.1) is 0 Å². The quantitative estimate of drug-likeness (QED) is 0.932. The molecule has 0 radical (unpaired) electrons. The molecule has 25 heavy (non-hydrogen) atoms. The van der Waals surface area contributed by atoms with Crippen molar-refractivity contribution in [2.24, 2.45) is 11.1 Å². The third-order valence-electron chi connectivity index (χ3n) is 4.59. The summed E-state index contributed by atoms with van der Waals surface area (Å²) in [6, 6.07) is 13.8. The fraction of sp³-hybridized carbons (Fsp3) is 0.400. The number of hydrogen-bond acceptors (Lipinski definition) is 4. The molecule has 2 atom stereocenters.